The number of ether oxygens (including phenoxy) is 1. The van der Waals surface area contributed by atoms with E-state index in [0.29, 0.717) is 0 Å². The highest BCUT2D eigenvalue weighted by atomic mass is 16.5. The minimum Gasteiger partial charge on any atom is -0.466 e. The topological polar surface area (TPSA) is 26.3 Å². The van der Waals surface area contributed by atoms with E-state index >= 15 is 0 Å². The van der Waals surface area contributed by atoms with Gasteiger partial charge in [0.25, 0.3) is 0 Å². The van der Waals surface area contributed by atoms with E-state index in [-0.39, 0.29) is 5.97 Å². The van der Waals surface area contributed by atoms with E-state index in [9.17, 15) is 4.79 Å². The second kappa shape index (κ2) is 10.7. The average molecular weight is 226 g/mol. The van der Waals surface area contributed by atoms with Crippen LogP contribution in [0, 0.1) is 0 Å². The van der Waals surface area contributed by atoms with E-state index in [1.807, 2.05) is 0 Å². The molecule has 0 heterocycles. The summed E-state index contributed by atoms with van der Waals surface area (Å²) in [6, 6.07) is 0. The third-order valence-electron chi connectivity index (χ3n) is 2.67. The number of unbranched alkanes of at least 4 members (excludes halogenated alkanes) is 5. The van der Waals surface area contributed by atoms with Gasteiger partial charge in [-0.25, -0.2) is 4.79 Å². The lowest BCUT2D eigenvalue weighted by Crippen LogP contribution is -2.04. The van der Waals surface area contributed by atoms with Crippen molar-refractivity contribution in [2.75, 3.05) is 7.11 Å². The van der Waals surface area contributed by atoms with Crippen molar-refractivity contribution in [3.05, 3.63) is 11.6 Å². The third kappa shape index (κ3) is 7.49. The maximum atomic E-state index is 11.4. The summed E-state index contributed by atoms with van der Waals surface area (Å²) in [4.78, 5) is 11.4. The zero-order chi connectivity index (χ0) is 12.2. The SMILES string of the molecule is CCCCCCCC=C(CCC)C(=O)OC. The Kier molecular flexibility index (Phi) is 10.2. The summed E-state index contributed by atoms with van der Waals surface area (Å²) in [5.41, 5.74) is 0.848. The highest BCUT2D eigenvalue weighted by molar-refractivity contribution is 5.88. The van der Waals surface area contributed by atoms with E-state index in [4.69, 9.17) is 4.74 Å². The number of hydrogen-bond donors (Lipinski definition) is 0. The van der Waals surface area contributed by atoms with Crippen molar-refractivity contribution in [1.29, 1.82) is 0 Å². The molecule has 2 nitrogen and oxygen atoms in total. The number of allylic oxidation sites excluding steroid dienone is 1. The molecule has 0 aromatic heterocycles. The van der Waals surface area contributed by atoms with Gasteiger partial charge in [0.05, 0.1) is 7.11 Å². The van der Waals surface area contributed by atoms with Gasteiger partial charge in [0.15, 0.2) is 0 Å². The minimum absolute atomic E-state index is 0.157. The van der Waals surface area contributed by atoms with Gasteiger partial charge < -0.3 is 4.74 Å². The second-order valence-corrected chi connectivity index (χ2v) is 4.17. The molecule has 16 heavy (non-hydrogen) atoms. The van der Waals surface area contributed by atoms with Crippen LogP contribution in [0.15, 0.2) is 11.6 Å². The van der Waals surface area contributed by atoms with E-state index in [1.165, 1.54) is 39.2 Å². The van der Waals surface area contributed by atoms with Crippen LogP contribution in [0.2, 0.25) is 0 Å². The van der Waals surface area contributed by atoms with E-state index in [2.05, 4.69) is 19.9 Å². The van der Waals surface area contributed by atoms with Gasteiger partial charge in [0.1, 0.15) is 0 Å². The molecule has 0 saturated heterocycles. The molecule has 0 N–H and O–H groups in total. The summed E-state index contributed by atoms with van der Waals surface area (Å²) < 4.78 is 4.75. The molecule has 0 saturated carbocycles. The number of esters is 1. The maximum absolute atomic E-state index is 11.4. The lowest BCUT2D eigenvalue weighted by Gasteiger charge is -2.03. The van der Waals surface area contributed by atoms with Gasteiger partial charge in [0, 0.05) is 5.57 Å². The number of carbonyl (C=O) groups is 1. The fraction of sp³-hybridized carbons (Fsp3) is 0.786. The Hall–Kier alpha value is -0.790. The standard InChI is InChI=1S/C14H26O2/c1-4-6-7-8-9-10-12-13(11-5-2)14(15)16-3/h12H,4-11H2,1-3H3. The molecule has 0 spiro atoms. The van der Waals surface area contributed by atoms with E-state index in [1.54, 1.807) is 0 Å². The Balaban J connectivity index is 3.81. The number of hydrogen-bond acceptors (Lipinski definition) is 2. The van der Waals surface area contributed by atoms with Crippen molar-refractivity contribution in [1.82, 2.24) is 0 Å². The molecule has 0 rings (SSSR count). The van der Waals surface area contributed by atoms with Gasteiger partial charge in [-0.2, -0.15) is 0 Å². The van der Waals surface area contributed by atoms with Crippen LogP contribution in [-0.4, -0.2) is 13.1 Å². The third-order valence-corrected chi connectivity index (χ3v) is 2.67. The first-order chi connectivity index (χ1) is 7.76. The largest absolute Gasteiger partial charge is 0.466 e. The zero-order valence-electron chi connectivity index (χ0n) is 11.1. The van der Waals surface area contributed by atoms with Gasteiger partial charge in [-0.1, -0.05) is 52.0 Å². The molecule has 0 amide bonds. The van der Waals surface area contributed by atoms with Gasteiger partial charge in [-0.3, -0.25) is 0 Å². The Bertz CT molecular complexity index is 207. The van der Waals surface area contributed by atoms with Crippen molar-refractivity contribution in [3.8, 4) is 0 Å². The quantitative estimate of drug-likeness (QED) is 0.334. The minimum atomic E-state index is -0.157. The van der Waals surface area contributed by atoms with E-state index < -0.39 is 0 Å². The Morgan fingerprint density at radius 3 is 2.31 bits per heavy atom. The Labute approximate surface area is 100 Å². The normalized spacial score (nSPS) is 11.6. The smallest absolute Gasteiger partial charge is 0.333 e. The summed E-state index contributed by atoms with van der Waals surface area (Å²) in [7, 11) is 1.45. The monoisotopic (exact) mass is 226 g/mol. The van der Waals surface area contributed by atoms with Crippen LogP contribution in [0.1, 0.15) is 65.2 Å². The molecular weight excluding hydrogens is 200 g/mol. The van der Waals surface area contributed by atoms with Gasteiger partial charge in [-0.05, 0) is 19.3 Å². The molecule has 0 aliphatic carbocycles. The number of carbonyl (C=O) groups excluding carboxylic acids is 1. The van der Waals surface area contributed by atoms with Crippen molar-refractivity contribution >= 4 is 5.97 Å². The predicted molar refractivity (Wildman–Crippen MR) is 68.4 cm³/mol. The lowest BCUT2D eigenvalue weighted by atomic mass is 10.1. The molecular formula is C14H26O2. The van der Waals surface area contributed by atoms with Crippen molar-refractivity contribution in [2.24, 2.45) is 0 Å². The van der Waals surface area contributed by atoms with Gasteiger partial charge in [-0.15, -0.1) is 0 Å². The molecule has 0 unspecified atom stereocenters. The molecule has 0 atom stereocenters. The predicted octanol–water partition coefficient (Wildman–Crippen LogP) is 4.25. The average Bonchev–Trinajstić information content (AvgIpc) is 2.31. The van der Waals surface area contributed by atoms with Crippen molar-refractivity contribution in [2.45, 2.75) is 65.2 Å². The summed E-state index contributed by atoms with van der Waals surface area (Å²) in [6.07, 6.45) is 11.3. The van der Waals surface area contributed by atoms with Crippen LogP contribution in [-0.2, 0) is 9.53 Å². The van der Waals surface area contributed by atoms with Gasteiger partial charge in [0.2, 0.25) is 0 Å². The first-order valence-electron chi connectivity index (χ1n) is 6.53. The lowest BCUT2D eigenvalue weighted by molar-refractivity contribution is -0.136. The first kappa shape index (κ1) is 15.2. The van der Waals surface area contributed by atoms with Crippen LogP contribution < -0.4 is 0 Å². The van der Waals surface area contributed by atoms with Crippen LogP contribution in [0.3, 0.4) is 0 Å². The van der Waals surface area contributed by atoms with E-state index in [0.717, 1.165) is 24.8 Å². The van der Waals surface area contributed by atoms with Crippen LogP contribution in [0.4, 0.5) is 0 Å². The first-order valence-corrected chi connectivity index (χ1v) is 6.53. The van der Waals surface area contributed by atoms with Crippen molar-refractivity contribution in [3.63, 3.8) is 0 Å². The fourth-order valence-electron chi connectivity index (χ4n) is 1.71. The molecule has 0 aromatic carbocycles. The second-order valence-electron chi connectivity index (χ2n) is 4.17. The molecule has 94 valence electrons. The molecule has 0 aromatic rings. The number of methoxy groups -OCH3 is 1. The summed E-state index contributed by atoms with van der Waals surface area (Å²) >= 11 is 0. The van der Waals surface area contributed by atoms with Crippen LogP contribution in [0.25, 0.3) is 0 Å². The molecule has 0 fully saturated rings. The van der Waals surface area contributed by atoms with Gasteiger partial charge >= 0.3 is 5.97 Å². The molecule has 0 radical (unpaired) electrons. The molecule has 0 aliphatic heterocycles. The molecule has 0 aliphatic rings. The van der Waals surface area contributed by atoms with Crippen LogP contribution >= 0.6 is 0 Å². The van der Waals surface area contributed by atoms with Crippen LogP contribution in [0.5, 0.6) is 0 Å². The highest BCUT2D eigenvalue weighted by Crippen LogP contribution is 2.11. The Morgan fingerprint density at radius 1 is 1.06 bits per heavy atom. The highest BCUT2D eigenvalue weighted by Gasteiger charge is 2.06. The molecule has 0 bridgehead atoms. The summed E-state index contributed by atoms with van der Waals surface area (Å²) in [5.74, 6) is -0.157. The number of rotatable bonds is 9. The zero-order valence-corrected chi connectivity index (χ0v) is 11.1. The maximum Gasteiger partial charge on any atom is 0.333 e. The summed E-state index contributed by atoms with van der Waals surface area (Å²) in [6.45, 7) is 4.30. The summed E-state index contributed by atoms with van der Waals surface area (Å²) in [5, 5.41) is 0. The Morgan fingerprint density at radius 2 is 1.75 bits per heavy atom. The fourth-order valence-corrected chi connectivity index (χ4v) is 1.71. The van der Waals surface area contributed by atoms with Crippen molar-refractivity contribution < 1.29 is 9.53 Å². The molecule has 2 heteroatoms.